The number of carbonyl (C=O) groups is 1. The number of ether oxygens (including phenoxy) is 1. The lowest BCUT2D eigenvalue weighted by atomic mass is 10.0. The molecule has 1 unspecified atom stereocenters. The molecule has 0 aliphatic carbocycles. The van der Waals surface area contributed by atoms with E-state index in [1.165, 1.54) is 11.3 Å². The summed E-state index contributed by atoms with van der Waals surface area (Å²) in [5.41, 5.74) is 2.59. The Kier molecular flexibility index (Phi) is 7.07. The van der Waals surface area contributed by atoms with Crippen molar-refractivity contribution >= 4 is 28.8 Å². The van der Waals surface area contributed by atoms with Gasteiger partial charge in [0.25, 0.3) is 0 Å². The third-order valence-corrected chi connectivity index (χ3v) is 6.28. The number of rotatable bonds is 7. The van der Waals surface area contributed by atoms with E-state index < -0.39 is 0 Å². The molecule has 1 N–H and O–H groups in total. The number of thiazole rings is 1. The van der Waals surface area contributed by atoms with Crippen molar-refractivity contribution in [2.45, 2.75) is 12.5 Å². The highest BCUT2D eigenvalue weighted by molar-refractivity contribution is 7.13. The first-order valence-corrected chi connectivity index (χ1v) is 11.1. The van der Waals surface area contributed by atoms with Crippen molar-refractivity contribution < 1.29 is 9.53 Å². The molecule has 156 valence electrons. The van der Waals surface area contributed by atoms with Gasteiger partial charge in [-0.25, -0.2) is 4.98 Å². The van der Waals surface area contributed by atoms with E-state index in [1.807, 2.05) is 47.8 Å². The molecule has 6 nitrogen and oxygen atoms in total. The molecule has 2 aromatic heterocycles. The Labute approximate surface area is 184 Å². The van der Waals surface area contributed by atoms with Crippen LogP contribution in [0.3, 0.4) is 0 Å². The lowest BCUT2D eigenvalue weighted by molar-refractivity contribution is -0.120. The zero-order valence-electron chi connectivity index (χ0n) is 16.5. The van der Waals surface area contributed by atoms with Gasteiger partial charge in [-0.05, 0) is 23.8 Å². The van der Waals surface area contributed by atoms with Crippen LogP contribution in [0.5, 0.6) is 0 Å². The molecule has 0 bridgehead atoms. The number of aromatic nitrogens is 2. The largest absolute Gasteiger partial charge is 0.379 e. The topological polar surface area (TPSA) is 67.4 Å². The maximum Gasteiger partial charge on any atom is 0.226 e. The summed E-state index contributed by atoms with van der Waals surface area (Å²) in [5, 5.41) is 6.52. The number of carbonyl (C=O) groups excluding carboxylic acids is 1. The summed E-state index contributed by atoms with van der Waals surface area (Å²) in [5.74, 6) is -0.0572. The van der Waals surface area contributed by atoms with Crippen LogP contribution in [0, 0.1) is 0 Å². The summed E-state index contributed by atoms with van der Waals surface area (Å²) in [6, 6.07) is 13.5. The molecule has 3 heterocycles. The molecule has 8 heteroatoms. The number of hydrogen-bond acceptors (Lipinski definition) is 6. The van der Waals surface area contributed by atoms with Crippen LogP contribution >= 0.6 is 22.9 Å². The second kappa shape index (κ2) is 10.1. The highest BCUT2D eigenvalue weighted by atomic mass is 35.5. The van der Waals surface area contributed by atoms with Gasteiger partial charge in [0.15, 0.2) is 0 Å². The number of halogens is 1. The van der Waals surface area contributed by atoms with E-state index in [0.29, 0.717) is 24.8 Å². The second-order valence-corrected chi connectivity index (χ2v) is 8.29. The molecule has 4 rings (SSSR count). The summed E-state index contributed by atoms with van der Waals surface area (Å²) >= 11 is 7.96. The molecule has 30 heavy (non-hydrogen) atoms. The van der Waals surface area contributed by atoms with Gasteiger partial charge in [0.2, 0.25) is 5.91 Å². The van der Waals surface area contributed by atoms with E-state index in [4.69, 9.17) is 16.3 Å². The minimum Gasteiger partial charge on any atom is -0.379 e. The quantitative estimate of drug-likeness (QED) is 0.605. The third-order valence-electron chi connectivity index (χ3n) is 5.02. The average molecular weight is 443 g/mol. The number of nitrogens with zero attached hydrogens (tertiary/aromatic N) is 3. The highest BCUT2D eigenvalue weighted by Gasteiger charge is 2.25. The molecule has 1 aliphatic heterocycles. The molecule has 1 aliphatic rings. The number of pyridine rings is 1. The first kappa shape index (κ1) is 20.9. The molecule has 0 spiro atoms. The van der Waals surface area contributed by atoms with Gasteiger partial charge in [-0.1, -0.05) is 35.9 Å². The smallest absolute Gasteiger partial charge is 0.226 e. The van der Waals surface area contributed by atoms with E-state index in [0.717, 1.165) is 35.0 Å². The molecule has 1 atom stereocenters. The van der Waals surface area contributed by atoms with Gasteiger partial charge in [0.05, 0.1) is 37.1 Å². The average Bonchev–Trinajstić information content (AvgIpc) is 3.25. The normalized spacial score (nSPS) is 15.6. The van der Waals surface area contributed by atoms with Gasteiger partial charge in [0.1, 0.15) is 5.01 Å². The van der Waals surface area contributed by atoms with Crippen LogP contribution in [0.4, 0.5) is 0 Å². The fourth-order valence-corrected chi connectivity index (χ4v) is 4.56. The van der Waals surface area contributed by atoms with E-state index in [1.54, 1.807) is 6.20 Å². The van der Waals surface area contributed by atoms with Gasteiger partial charge < -0.3 is 10.1 Å². The first-order chi connectivity index (χ1) is 14.7. The molecule has 0 saturated carbocycles. The van der Waals surface area contributed by atoms with Crippen LogP contribution in [0.1, 0.15) is 17.3 Å². The minimum absolute atomic E-state index is 0.00561. The first-order valence-electron chi connectivity index (χ1n) is 9.89. The molecule has 1 amide bonds. The molecule has 0 radical (unpaired) electrons. The van der Waals surface area contributed by atoms with E-state index in [9.17, 15) is 4.79 Å². The van der Waals surface area contributed by atoms with Crippen LogP contribution in [-0.2, 0) is 16.0 Å². The van der Waals surface area contributed by atoms with Gasteiger partial charge in [-0.3, -0.25) is 14.7 Å². The predicted molar refractivity (Wildman–Crippen MR) is 119 cm³/mol. The summed E-state index contributed by atoms with van der Waals surface area (Å²) in [4.78, 5) is 23.8. The Morgan fingerprint density at radius 3 is 2.77 bits per heavy atom. The van der Waals surface area contributed by atoms with Crippen LogP contribution < -0.4 is 5.32 Å². The Morgan fingerprint density at radius 2 is 2.00 bits per heavy atom. The van der Waals surface area contributed by atoms with Gasteiger partial charge in [-0.2, -0.15) is 0 Å². The number of nitrogens with one attached hydrogen (secondary N) is 1. The lowest BCUT2D eigenvalue weighted by Crippen LogP contribution is -2.44. The number of benzene rings is 1. The molecular weight excluding hydrogens is 420 g/mol. The highest BCUT2D eigenvalue weighted by Crippen LogP contribution is 2.28. The van der Waals surface area contributed by atoms with Crippen LogP contribution in [0.2, 0.25) is 5.02 Å². The zero-order chi connectivity index (χ0) is 20.8. The zero-order valence-corrected chi connectivity index (χ0v) is 18.0. The van der Waals surface area contributed by atoms with Gasteiger partial charge in [-0.15, -0.1) is 11.3 Å². The van der Waals surface area contributed by atoms with Crippen LogP contribution in [0.25, 0.3) is 10.7 Å². The number of amides is 1. The number of morpholine rings is 1. The van der Waals surface area contributed by atoms with Gasteiger partial charge in [0, 0.05) is 36.2 Å². The van der Waals surface area contributed by atoms with Crippen molar-refractivity contribution in [3.63, 3.8) is 0 Å². The molecule has 1 aromatic carbocycles. The molecule has 1 saturated heterocycles. The van der Waals surface area contributed by atoms with Crippen LogP contribution in [-0.4, -0.2) is 53.6 Å². The van der Waals surface area contributed by atoms with E-state index >= 15 is 0 Å². The van der Waals surface area contributed by atoms with Crippen molar-refractivity contribution in [2.24, 2.45) is 0 Å². The third kappa shape index (κ3) is 5.23. The standard InChI is InChI=1S/C22H23ClN4O2S/c23-18-6-2-1-5-17(18)20(27-9-11-29-12-10-27)14-25-21(28)13-16-15-30-22(26-16)19-7-3-4-8-24-19/h1-8,15,20H,9-14H2,(H,25,28). The maximum absolute atomic E-state index is 12.6. The number of hydrogen-bond donors (Lipinski definition) is 1. The summed E-state index contributed by atoms with van der Waals surface area (Å²) in [6.45, 7) is 3.48. The molecule has 3 aromatic rings. The molecule has 1 fully saturated rings. The van der Waals surface area contributed by atoms with Crippen molar-refractivity contribution in [3.8, 4) is 10.7 Å². The van der Waals surface area contributed by atoms with Crippen molar-refractivity contribution in [3.05, 3.63) is 70.3 Å². The van der Waals surface area contributed by atoms with Crippen molar-refractivity contribution in [1.82, 2.24) is 20.2 Å². The monoisotopic (exact) mass is 442 g/mol. The molecular formula is C22H23ClN4O2S. The van der Waals surface area contributed by atoms with E-state index in [2.05, 4.69) is 20.2 Å². The van der Waals surface area contributed by atoms with Gasteiger partial charge >= 0.3 is 0 Å². The van der Waals surface area contributed by atoms with Crippen molar-refractivity contribution in [2.75, 3.05) is 32.8 Å². The SMILES string of the molecule is O=C(Cc1csc(-c2ccccn2)n1)NCC(c1ccccc1Cl)N1CCOCC1. The summed E-state index contributed by atoms with van der Waals surface area (Å²) < 4.78 is 5.49. The Hall–Kier alpha value is -2.32. The second-order valence-electron chi connectivity index (χ2n) is 7.03. The van der Waals surface area contributed by atoms with E-state index in [-0.39, 0.29) is 18.4 Å². The summed E-state index contributed by atoms with van der Waals surface area (Å²) in [6.07, 6.45) is 1.98. The fraction of sp³-hybridized carbons (Fsp3) is 0.318. The summed E-state index contributed by atoms with van der Waals surface area (Å²) in [7, 11) is 0. The Balaban J connectivity index is 1.40. The predicted octanol–water partition coefficient (Wildman–Crippen LogP) is 3.59. The van der Waals surface area contributed by atoms with Crippen molar-refractivity contribution in [1.29, 1.82) is 0 Å². The Bertz CT molecular complexity index is 976. The maximum atomic E-state index is 12.6. The fourth-order valence-electron chi connectivity index (χ4n) is 3.50. The minimum atomic E-state index is -0.0572. The lowest BCUT2D eigenvalue weighted by Gasteiger charge is -2.35. The van der Waals surface area contributed by atoms with Crippen LogP contribution in [0.15, 0.2) is 54.0 Å². The Morgan fingerprint density at radius 1 is 1.20 bits per heavy atom.